The van der Waals surface area contributed by atoms with Crippen LogP contribution in [0.2, 0.25) is 0 Å². The number of benzene rings is 1. The van der Waals surface area contributed by atoms with E-state index in [9.17, 15) is 19.2 Å². The van der Waals surface area contributed by atoms with Crippen LogP contribution < -0.4 is 0 Å². The van der Waals surface area contributed by atoms with Gasteiger partial charge in [0.05, 0.1) is 19.6 Å². The largest absolute Gasteiger partial charge is 0.467 e. The van der Waals surface area contributed by atoms with Crippen LogP contribution in [0.4, 0.5) is 4.79 Å². The molecular formula is C17H15N3O6S. The second-order valence-corrected chi connectivity index (χ2v) is 5.78. The lowest BCUT2D eigenvalue weighted by molar-refractivity contribution is -0.150. The molecule has 2 amide bonds. The van der Waals surface area contributed by atoms with Crippen LogP contribution in [0.3, 0.4) is 0 Å². The lowest BCUT2D eigenvalue weighted by Crippen LogP contribution is -2.63. The standard InChI is InChI=1S/C17H15N3O6S/c1-25-15(23)13-7-14(22)20(16(27)19(13)12(8-18)9-21)17(24)26-10-11-5-3-2-4-6-11/h2-6,9,12-13H,7,10H2,1H3. The summed E-state index contributed by atoms with van der Waals surface area (Å²) in [5.41, 5.74) is 0.688. The Morgan fingerprint density at radius 2 is 2.07 bits per heavy atom. The summed E-state index contributed by atoms with van der Waals surface area (Å²) in [6, 6.07) is 7.65. The van der Waals surface area contributed by atoms with Crippen molar-refractivity contribution in [2.75, 3.05) is 7.11 Å². The van der Waals surface area contributed by atoms with Gasteiger partial charge in [-0.2, -0.15) is 10.2 Å². The molecule has 1 aromatic rings. The van der Waals surface area contributed by atoms with Crippen LogP contribution in [0.1, 0.15) is 12.0 Å². The zero-order valence-electron chi connectivity index (χ0n) is 14.2. The molecule has 0 aromatic heterocycles. The van der Waals surface area contributed by atoms with Crippen LogP contribution in [-0.2, 0) is 30.5 Å². The van der Waals surface area contributed by atoms with Gasteiger partial charge in [0.15, 0.2) is 17.4 Å². The van der Waals surface area contributed by atoms with Gasteiger partial charge < -0.3 is 14.4 Å². The van der Waals surface area contributed by atoms with Gasteiger partial charge in [-0.3, -0.25) is 9.59 Å². The number of ether oxygens (including phenoxy) is 2. The third-order valence-corrected chi connectivity index (χ3v) is 4.18. The monoisotopic (exact) mass is 389 g/mol. The lowest BCUT2D eigenvalue weighted by atomic mass is 10.1. The van der Waals surface area contributed by atoms with Gasteiger partial charge >= 0.3 is 12.1 Å². The number of imide groups is 1. The molecule has 0 aliphatic carbocycles. The summed E-state index contributed by atoms with van der Waals surface area (Å²) in [6.07, 6.45) is -1.31. The molecular weight excluding hydrogens is 374 g/mol. The van der Waals surface area contributed by atoms with Gasteiger partial charge in [0.2, 0.25) is 5.91 Å². The van der Waals surface area contributed by atoms with E-state index in [4.69, 9.17) is 22.2 Å². The molecule has 2 rings (SSSR count). The first-order valence-electron chi connectivity index (χ1n) is 7.73. The fraction of sp³-hybridized carbons (Fsp3) is 0.294. The molecule has 1 aromatic carbocycles. The van der Waals surface area contributed by atoms with E-state index in [-0.39, 0.29) is 12.9 Å². The van der Waals surface area contributed by atoms with Gasteiger partial charge in [-0.05, 0) is 17.8 Å². The van der Waals surface area contributed by atoms with Gasteiger partial charge in [-0.1, -0.05) is 30.3 Å². The summed E-state index contributed by atoms with van der Waals surface area (Å²) in [5.74, 6) is -1.66. The topological polar surface area (TPSA) is 117 Å². The van der Waals surface area contributed by atoms with Gasteiger partial charge in [0.25, 0.3) is 0 Å². The Kier molecular flexibility index (Phi) is 6.56. The first kappa shape index (κ1) is 20.0. The number of methoxy groups -OCH3 is 1. The highest BCUT2D eigenvalue weighted by molar-refractivity contribution is 7.80. The molecule has 140 valence electrons. The molecule has 27 heavy (non-hydrogen) atoms. The summed E-state index contributed by atoms with van der Waals surface area (Å²) in [5, 5.41) is 8.68. The van der Waals surface area contributed by atoms with Crippen molar-refractivity contribution in [2.24, 2.45) is 0 Å². The average molecular weight is 389 g/mol. The van der Waals surface area contributed by atoms with Crippen molar-refractivity contribution in [3.63, 3.8) is 0 Å². The molecule has 0 spiro atoms. The van der Waals surface area contributed by atoms with E-state index in [1.807, 2.05) is 0 Å². The zero-order chi connectivity index (χ0) is 20.0. The Morgan fingerprint density at radius 1 is 1.41 bits per heavy atom. The summed E-state index contributed by atoms with van der Waals surface area (Å²) in [6.45, 7) is -0.109. The normalized spacial score (nSPS) is 17.7. The van der Waals surface area contributed by atoms with E-state index < -0.39 is 41.6 Å². The fourth-order valence-electron chi connectivity index (χ4n) is 2.48. The quantitative estimate of drug-likeness (QED) is 0.409. The Hall–Kier alpha value is -3.32. The number of nitriles is 1. The number of aldehydes is 1. The number of hydrogen-bond acceptors (Lipinski definition) is 8. The van der Waals surface area contributed by atoms with Crippen molar-refractivity contribution >= 4 is 41.6 Å². The number of amides is 2. The molecule has 0 saturated carbocycles. The summed E-state index contributed by atoms with van der Waals surface area (Å²) < 4.78 is 9.69. The Labute approximate surface area is 160 Å². The van der Waals surface area contributed by atoms with Crippen molar-refractivity contribution in [2.45, 2.75) is 25.1 Å². The van der Waals surface area contributed by atoms with E-state index in [2.05, 4.69) is 4.74 Å². The Bertz CT molecular complexity index is 807. The van der Waals surface area contributed by atoms with Gasteiger partial charge in [0.1, 0.15) is 12.6 Å². The highest BCUT2D eigenvalue weighted by Gasteiger charge is 2.46. The SMILES string of the molecule is COC(=O)C1CC(=O)N(C(=O)OCc2ccccc2)C(=S)N1C(C#N)C=O. The van der Waals surface area contributed by atoms with Gasteiger partial charge in [0, 0.05) is 0 Å². The van der Waals surface area contributed by atoms with Crippen molar-refractivity contribution in [1.82, 2.24) is 9.80 Å². The van der Waals surface area contributed by atoms with Crippen LogP contribution in [-0.4, -0.2) is 58.4 Å². The molecule has 0 N–H and O–H groups in total. The second kappa shape index (κ2) is 8.86. The minimum Gasteiger partial charge on any atom is -0.467 e. The third-order valence-electron chi connectivity index (χ3n) is 3.79. The number of rotatable bonds is 5. The molecule has 1 aliphatic rings. The molecule has 2 unspecified atom stereocenters. The van der Waals surface area contributed by atoms with Crippen molar-refractivity contribution < 1.29 is 28.7 Å². The van der Waals surface area contributed by atoms with Crippen LogP contribution in [0.25, 0.3) is 0 Å². The molecule has 1 saturated heterocycles. The average Bonchev–Trinajstić information content (AvgIpc) is 2.68. The first-order chi connectivity index (χ1) is 12.9. The minimum atomic E-state index is -1.47. The summed E-state index contributed by atoms with van der Waals surface area (Å²) in [4.78, 5) is 49.3. The van der Waals surface area contributed by atoms with Crippen molar-refractivity contribution in [3.05, 3.63) is 35.9 Å². The molecule has 9 nitrogen and oxygen atoms in total. The van der Waals surface area contributed by atoms with Crippen LogP contribution >= 0.6 is 12.2 Å². The predicted molar refractivity (Wildman–Crippen MR) is 93.8 cm³/mol. The highest BCUT2D eigenvalue weighted by atomic mass is 32.1. The molecule has 1 fully saturated rings. The lowest BCUT2D eigenvalue weighted by Gasteiger charge is -2.40. The number of hydrogen-bond donors (Lipinski definition) is 0. The highest BCUT2D eigenvalue weighted by Crippen LogP contribution is 2.22. The number of nitrogens with zero attached hydrogens (tertiary/aromatic N) is 3. The van der Waals surface area contributed by atoms with E-state index >= 15 is 0 Å². The van der Waals surface area contributed by atoms with Crippen LogP contribution in [0.5, 0.6) is 0 Å². The van der Waals surface area contributed by atoms with Gasteiger partial charge in [-0.15, -0.1) is 0 Å². The van der Waals surface area contributed by atoms with Crippen molar-refractivity contribution in [3.8, 4) is 6.07 Å². The Morgan fingerprint density at radius 3 is 2.63 bits per heavy atom. The zero-order valence-corrected chi connectivity index (χ0v) is 15.0. The smallest absolute Gasteiger partial charge is 0.423 e. The number of carbonyl (C=O) groups excluding carboxylic acids is 4. The second-order valence-electron chi connectivity index (χ2n) is 5.41. The summed E-state index contributed by atoms with van der Waals surface area (Å²) in [7, 11) is 1.09. The number of carbonyl (C=O) groups is 4. The molecule has 10 heteroatoms. The maximum atomic E-state index is 12.4. The van der Waals surface area contributed by atoms with Gasteiger partial charge in [-0.25, -0.2) is 9.59 Å². The van der Waals surface area contributed by atoms with Crippen LogP contribution in [0, 0.1) is 11.3 Å². The summed E-state index contributed by atoms with van der Waals surface area (Å²) >= 11 is 5.10. The first-order valence-corrected chi connectivity index (χ1v) is 8.14. The Balaban J connectivity index is 2.24. The van der Waals surface area contributed by atoms with Crippen molar-refractivity contribution in [1.29, 1.82) is 5.26 Å². The van der Waals surface area contributed by atoms with E-state index in [1.165, 1.54) is 0 Å². The molecule has 1 aliphatic heterocycles. The van der Waals surface area contributed by atoms with E-state index in [0.717, 1.165) is 12.0 Å². The molecule has 0 radical (unpaired) electrons. The minimum absolute atomic E-state index is 0.109. The number of thiocarbonyl (C=S) groups is 1. The van der Waals surface area contributed by atoms with E-state index in [0.29, 0.717) is 10.5 Å². The molecule has 0 bridgehead atoms. The third kappa shape index (κ3) is 4.27. The predicted octanol–water partition coefficient (Wildman–Crippen LogP) is 0.775. The van der Waals surface area contributed by atoms with E-state index in [1.54, 1.807) is 36.4 Å². The maximum absolute atomic E-state index is 12.4. The maximum Gasteiger partial charge on any atom is 0.423 e. The molecule has 2 atom stereocenters. The van der Waals surface area contributed by atoms with Crippen LogP contribution in [0.15, 0.2) is 30.3 Å². The molecule has 1 heterocycles. The number of esters is 1. The fourth-order valence-corrected chi connectivity index (χ4v) is 2.90.